The Hall–Kier alpha value is -3.06. The lowest BCUT2D eigenvalue weighted by Crippen LogP contribution is -2.29. The molecule has 1 saturated heterocycles. The molecule has 0 aliphatic carbocycles. The van der Waals surface area contributed by atoms with Gasteiger partial charge in [-0.1, -0.05) is 42.5 Å². The first-order chi connectivity index (χ1) is 12.8. The van der Waals surface area contributed by atoms with E-state index in [0.717, 1.165) is 24.2 Å². The van der Waals surface area contributed by atoms with Crippen molar-refractivity contribution in [1.82, 2.24) is 5.32 Å². The molecule has 26 heavy (non-hydrogen) atoms. The first-order valence-corrected chi connectivity index (χ1v) is 9.05. The Morgan fingerprint density at radius 1 is 1.04 bits per heavy atom. The van der Waals surface area contributed by atoms with Crippen molar-refractivity contribution in [2.45, 2.75) is 25.8 Å². The maximum absolute atomic E-state index is 12.3. The van der Waals surface area contributed by atoms with Crippen LogP contribution >= 0.6 is 0 Å². The normalized spacial score (nSPS) is 14.6. The minimum atomic E-state index is -0.350. The molecular formula is C22H23N3O. The van der Waals surface area contributed by atoms with Gasteiger partial charge in [0.25, 0.3) is 5.91 Å². The molecule has 0 unspecified atom stereocenters. The molecule has 0 spiro atoms. The standard InChI is InChI=1S/C22H23N3O/c23-16-20(22(26)24-17-19-7-3-1-4-8-19)15-18-9-11-21(12-10-18)25-13-5-2-6-14-25/h1,3-4,7-12,15H,2,5-6,13-14,17H2,(H,24,26)/b20-15+. The molecule has 3 rings (SSSR count). The predicted molar refractivity (Wildman–Crippen MR) is 104 cm³/mol. The van der Waals surface area contributed by atoms with E-state index in [1.165, 1.54) is 24.9 Å². The summed E-state index contributed by atoms with van der Waals surface area (Å²) >= 11 is 0. The molecule has 0 atom stereocenters. The van der Waals surface area contributed by atoms with Crippen LogP contribution in [0.2, 0.25) is 0 Å². The molecule has 1 fully saturated rings. The Bertz CT molecular complexity index is 798. The minimum Gasteiger partial charge on any atom is -0.372 e. The molecule has 1 aliphatic heterocycles. The highest BCUT2D eigenvalue weighted by atomic mass is 16.1. The number of nitrogens with zero attached hydrogens (tertiary/aromatic N) is 2. The third-order valence-electron chi connectivity index (χ3n) is 4.59. The van der Waals surface area contributed by atoms with Gasteiger partial charge < -0.3 is 10.2 Å². The molecule has 1 amide bonds. The molecule has 4 heteroatoms. The smallest absolute Gasteiger partial charge is 0.262 e. The van der Waals surface area contributed by atoms with Crippen molar-refractivity contribution in [3.8, 4) is 6.07 Å². The van der Waals surface area contributed by atoms with E-state index in [1.807, 2.05) is 48.5 Å². The van der Waals surface area contributed by atoms with E-state index in [2.05, 4.69) is 22.3 Å². The average Bonchev–Trinajstić information content (AvgIpc) is 2.72. The molecule has 4 nitrogen and oxygen atoms in total. The molecule has 0 saturated carbocycles. The maximum atomic E-state index is 12.3. The number of nitriles is 1. The number of benzene rings is 2. The minimum absolute atomic E-state index is 0.117. The zero-order valence-electron chi connectivity index (χ0n) is 14.8. The fourth-order valence-corrected chi connectivity index (χ4v) is 3.12. The SMILES string of the molecule is N#C/C(=C\c1ccc(N2CCCCC2)cc1)C(=O)NCc1ccccc1. The highest BCUT2D eigenvalue weighted by Crippen LogP contribution is 2.21. The van der Waals surface area contributed by atoms with Gasteiger partial charge in [-0.2, -0.15) is 5.26 Å². The molecule has 1 N–H and O–H groups in total. The van der Waals surface area contributed by atoms with Crippen LogP contribution in [0.15, 0.2) is 60.2 Å². The highest BCUT2D eigenvalue weighted by Gasteiger charge is 2.11. The van der Waals surface area contributed by atoms with E-state index in [1.54, 1.807) is 6.08 Å². The number of piperidine rings is 1. The summed E-state index contributed by atoms with van der Waals surface area (Å²) < 4.78 is 0. The average molecular weight is 345 g/mol. The summed E-state index contributed by atoms with van der Waals surface area (Å²) in [6.45, 7) is 2.60. The largest absolute Gasteiger partial charge is 0.372 e. The second-order valence-electron chi connectivity index (χ2n) is 6.48. The third-order valence-corrected chi connectivity index (χ3v) is 4.59. The molecule has 0 bridgehead atoms. The summed E-state index contributed by atoms with van der Waals surface area (Å²) in [6.07, 6.45) is 5.42. The topological polar surface area (TPSA) is 56.1 Å². The Morgan fingerprint density at radius 3 is 2.38 bits per heavy atom. The summed E-state index contributed by atoms with van der Waals surface area (Å²) in [5, 5.41) is 12.1. The molecule has 1 heterocycles. The Morgan fingerprint density at radius 2 is 1.73 bits per heavy atom. The van der Waals surface area contributed by atoms with E-state index in [4.69, 9.17) is 0 Å². The van der Waals surface area contributed by atoms with E-state index >= 15 is 0 Å². The number of rotatable bonds is 5. The van der Waals surface area contributed by atoms with Crippen molar-refractivity contribution >= 4 is 17.7 Å². The number of nitrogens with one attached hydrogen (secondary N) is 1. The van der Waals surface area contributed by atoms with Crippen LogP contribution in [-0.4, -0.2) is 19.0 Å². The van der Waals surface area contributed by atoms with Crippen LogP contribution in [0.3, 0.4) is 0 Å². The van der Waals surface area contributed by atoms with Crippen molar-refractivity contribution in [3.63, 3.8) is 0 Å². The quantitative estimate of drug-likeness (QED) is 0.660. The zero-order valence-corrected chi connectivity index (χ0v) is 14.8. The van der Waals surface area contributed by atoms with Crippen LogP contribution in [-0.2, 0) is 11.3 Å². The number of carbonyl (C=O) groups excluding carboxylic acids is 1. The second-order valence-corrected chi connectivity index (χ2v) is 6.48. The molecule has 2 aromatic rings. The van der Waals surface area contributed by atoms with Gasteiger partial charge in [0, 0.05) is 25.3 Å². The summed E-state index contributed by atoms with van der Waals surface area (Å²) in [7, 11) is 0. The molecule has 132 valence electrons. The summed E-state index contributed by atoms with van der Waals surface area (Å²) in [5.74, 6) is -0.350. The Labute approximate surface area is 154 Å². The van der Waals surface area contributed by atoms with E-state index < -0.39 is 0 Å². The van der Waals surface area contributed by atoms with Crippen LogP contribution in [0.1, 0.15) is 30.4 Å². The Kier molecular flexibility index (Phi) is 6.05. The fourth-order valence-electron chi connectivity index (χ4n) is 3.12. The summed E-state index contributed by atoms with van der Waals surface area (Å²) in [6, 6.07) is 19.7. The van der Waals surface area contributed by atoms with Crippen molar-refractivity contribution in [1.29, 1.82) is 5.26 Å². The second kappa shape index (κ2) is 8.87. The number of anilines is 1. The van der Waals surface area contributed by atoms with Crippen LogP contribution in [0.5, 0.6) is 0 Å². The molecule has 0 radical (unpaired) electrons. The van der Waals surface area contributed by atoms with Crippen LogP contribution in [0, 0.1) is 11.3 Å². The lowest BCUT2D eigenvalue weighted by Gasteiger charge is -2.28. The Balaban J connectivity index is 1.64. The lowest BCUT2D eigenvalue weighted by molar-refractivity contribution is -0.117. The van der Waals surface area contributed by atoms with E-state index in [-0.39, 0.29) is 11.5 Å². The predicted octanol–water partition coefficient (Wildman–Crippen LogP) is 3.90. The van der Waals surface area contributed by atoms with Crippen molar-refractivity contribution in [2.24, 2.45) is 0 Å². The first kappa shape index (κ1) is 17.8. The summed E-state index contributed by atoms with van der Waals surface area (Å²) in [5.41, 5.74) is 3.18. The van der Waals surface area contributed by atoms with Gasteiger partial charge in [0.05, 0.1) is 0 Å². The fraction of sp³-hybridized carbons (Fsp3) is 0.273. The van der Waals surface area contributed by atoms with Crippen LogP contribution in [0.25, 0.3) is 6.08 Å². The number of hydrogen-bond donors (Lipinski definition) is 1. The monoisotopic (exact) mass is 345 g/mol. The van der Waals surface area contributed by atoms with Crippen molar-refractivity contribution in [3.05, 3.63) is 71.3 Å². The molecule has 1 aliphatic rings. The first-order valence-electron chi connectivity index (χ1n) is 9.05. The number of hydrogen-bond acceptors (Lipinski definition) is 3. The van der Waals surface area contributed by atoms with Gasteiger partial charge in [-0.05, 0) is 48.6 Å². The maximum Gasteiger partial charge on any atom is 0.262 e. The zero-order chi connectivity index (χ0) is 18.2. The van der Waals surface area contributed by atoms with Gasteiger partial charge in [0.2, 0.25) is 0 Å². The van der Waals surface area contributed by atoms with Gasteiger partial charge in [0.15, 0.2) is 0 Å². The van der Waals surface area contributed by atoms with Crippen molar-refractivity contribution < 1.29 is 4.79 Å². The molecule has 0 aromatic heterocycles. The van der Waals surface area contributed by atoms with E-state index in [9.17, 15) is 10.1 Å². The van der Waals surface area contributed by atoms with Gasteiger partial charge in [-0.15, -0.1) is 0 Å². The van der Waals surface area contributed by atoms with Gasteiger partial charge in [-0.25, -0.2) is 0 Å². The van der Waals surface area contributed by atoms with Gasteiger partial charge in [-0.3, -0.25) is 4.79 Å². The molecular weight excluding hydrogens is 322 g/mol. The lowest BCUT2D eigenvalue weighted by atomic mass is 10.1. The van der Waals surface area contributed by atoms with Crippen LogP contribution in [0.4, 0.5) is 5.69 Å². The summed E-state index contributed by atoms with van der Waals surface area (Å²) in [4.78, 5) is 14.6. The third kappa shape index (κ3) is 4.73. The van der Waals surface area contributed by atoms with E-state index in [0.29, 0.717) is 6.54 Å². The molecule has 2 aromatic carbocycles. The van der Waals surface area contributed by atoms with Gasteiger partial charge >= 0.3 is 0 Å². The highest BCUT2D eigenvalue weighted by molar-refractivity contribution is 6.01. The number of amides is 1. The number of carbonyl (C=O) groups is 1. The van der Waals surface area contributed by atoms with Crippen molar-refractivity contribution in [2.75, 3.05) is 18.0 Å². The van der Waals surface area contributed by atoms with Crippen LogP contribution < -0.4 is 10.2 Å². The van der Waals surface area contributed by atoms with Gasteiger partial charge in [0.1, 0.15) is 11.6 Å².